The lowest BCUT2D eigenvalue weighted by molar-refractivity contribution is -0.138. The molecule has 2 aliphatic heterocycles. The van der Waals surface area contributed by atoms with Gasteiger partial charge in [0.1, 0.15) is 5.54 Å². The monoisotopic (exact) mass is 448 g/mol. The molecule has 1 aromatic carbocycles. The van der Waals surface area contributed by atoms with Crippen LogP contribution in [0.1, 0.15) is 44.1 Å². The summed E-state index contributed by atoms with van der Waals surface area (Å²) in [5.41, 5.74) is -0.379. The number of carbonyl (C=O) groups excluding carboxylic acids is 3. The van der Waals surface area contributed by atoms with Crippen molar-refractivity contribution >= 4 is 27.9 Å². The molecule has 4 amide bonds. The third kappa shape index (κ3) is 4.18. The smallest absolute Gasteiger partial charge is 0.324 e. The molecule has 0 aromatic heterocycles. The van der Waals surface area contributed by atoms with Gasteiger partial charge in [-0.25, -0.2) is 13.2 Å². The predicted molar refractivity (Wildman–Crippen MR) is 113 cm³/mol. The maximum absolute atomic E-state index is 13.6. The number of imide groups is 1. The van der Waals surface area contributed by atoms with Crippen LogP contribution >= 0.6 is 0 Å². The molecule has 4 rings (SSSR count). The van der Waals surface area contributed by atoms with Crippen LogP contribution in [0.25, 0.3) is 0 Å². The number of nitrogens with one attached hydrogen (secondary N) is 2. The van der Waals surface area contributed by atoms with Gasteiger partial charge >= 0.3 is 6.03 Å². The number of sulfonamides is 1. The number of aryl methyl sites for hydroxylation is 1. The molecule has 3 fully saturated rings. The van der Waals surface area contributed by atoms with E-state index in [0.717, 1.165) is 24.8 Å². The van der Waals surface area contributed by atoms with E-state index in [9.17, 15) is 22.8 Å². The van der Waals surface area contributed by atoms with E-state index in [0.29, 0.717) is 25.8 Å². The Balaban J connectivity index is 1.56. The molecule has 9 nitrogen and oxygen atoms in total. The van der Waals surface area contributed by atoms with E-state index in [-0.39, 0.29) is 35.8 Å². The van der Waals surface area contributed by atoms with Gasteiger partial charge in [0.2, 0.25) is 21.8 Å². The van der Waals surface area contributed by atoms with Crippen LogP contribution in [0.3, 0.4) is 0 Å². The zero-order chi connectivity index (χ0) is 22.2. The molecular weight excluding hydrogens is 420 g/mol. The lowest BCUT2D eigenvalue weighted by Gasteiger charge is -2.39. The topological polar surface area (TPSA) is 116 Å². The van der Waals surface area contributed by atoms with Crippen molar-refractivity contribution in [1.29, 1.82) is 0 Å². The third-order valence-electron chi connectivity index (χ3n) is 6.44. The summed E-state index contributed by atoms with van der Waals surface area (Å²) in [4.78, 5) is 40.6. The van der Waals surface area contributed by atoms with Crippen molar-refractivity contribution in [1.82, 2.24) is 19.8 Å². The van der Waals surface area contributed by atoms with Crippen LogP contribution in [-0.4, -0.2) is 67.3 Å². The summed E-state index contributed by atoms with van der Waals surface area (Å²) in [6.45, 7) is 2.41. The molecule has 2 N–H and O–H groups in total. The first kappa shape index (κ1) is 21.8. The van der Waals surface area contributed by atoms with E-state index in [1.807, 2.05) is 13.0 Å². The first-order chi connectivity index (χ1) is 14.7. The fraction of sp³-hybridized carbons (Fsp3) is 0.571. The van der Waals surface area contributed by atoms with Gasteiger partial charge in [-0.05, 0) is 43.9 Å². The quantitative estimate of drug-likeness (QED) is 0.655. The second-order valence-electron chi connectivity index (χ2n) is 8.68. The SMILES string of the molecule is Cc1cccc(S(=O)(=O)NC2(C(=O)N3CCC(N4C(=O)CNC4=O)C3)CCCCC2)c1. The number of urea groups is 1. The van der Waals surface area contributed by atoms with Gasteiger partial charge < -0.3 is 10.2 Å². The average molecular weight is 449 g/mol. The van der Waals surface area contributed by atoms with Crippen molar-refractivity contribution in [2.45, 2.75) is 61.9 Å². The molecule has 31 heavy (non-hydrogen) atoms. The van der Waals surface area contributed by atoms with Gasteiger partial charge in [-0.15, -0.1) is 0 Å². The van der Waals surface area contributed by atoms with Crippen molar-refractivity contribution in [3.05, 3.63) is 29.8 Å². The molecule has 3 aliphatic rings. The summed E-state index contributed by atoms with van der Waals surface area (Å²) in [6, 6.07) is 5.81. The number of carbonyl (C=O) groups is 3. The lowest BCUT2D eigenvalue weighted by atomic mass is 9.81. The minimum atomic E-state index is -3.89. The highest BCUT2D eigenvalue weighted by Gasteiger charge is 2.48. The molecule has 1 aromatic rings. The van der Waals surface area contributed by atoms with Gasteiger partial charge in [0.15, 0.2) is 0 Å². The van der Waals surface area contributed by atoms with Gasteiger partial charge in [-0.1, -0.05) is 31.4 Å². The van der Waals surface area contributed by atoms with Crippen LogP contribution in [0, 0.1) is 6.92 Å². The largest absolute Gasteiger partial charge is 0.339 e. The van der Waals surface area contributed by atoms with Crippen molar-refractivity contribution in [3.63, 3.8) is 0 Å². The number of rotatable bonds is 5. The minimum absolute atomic E-state index is 0.0243. The Bertz CT molecular complexity index is 987. The summed E-state index contributed by atoms with van der Waals surface area (Å²) >= 11 is 0. The van der Waals surface area contributed by atoms with Crippen LogP contribution in [-0.2, 0) is 19.6 Å². The summed E-state index contributed by atoms with van der Waals surface area (Å²) in [5, 5.41) is 2.51. The normalized spacial score (nSPS) is 23.8. The van der Waals surface area contributed by atoms with Crippen molar-refractivity contribution in [2.75, 3.05) is 19.6 Å². The molecule has 0 spiro atoms. The molecular formula is C21H28N4O5S. The Kier molecular flexibility index (Phi) is 5.78. The van der Waals surface area contributed by atoms with Gasteiger partial charge in [0.25, 0.3) is 0 Å². The Morgan fingerprint density at radius 3 is 2.58 bits per heavy atom. The molecule has 1 atom stereocenters. The Morgan fingerprint density at radius 2 is 1.94 bits per heavy atom. The number of hydrogen-bond acceptors (Lipinski definition) is 5. The number of hydrogen-bond donors (Lipinski definition) is 2. The average Bonchev–Trinajstić information content (AvgIpc) is 3.34. The molecule has 0 radical (unpaired) electrons. The zero-order valence-electron chi connectivity index (χ0n) is 17.6. The fourth-order valence-corrected chi connectivity index (χ4v) is 6.38. The first-order valence-corrected chi connectivity index (χ1v) is 12.2. The standard InChI is InChI=1S/C21H28N4O5S/c1-15-6-5-7-17(12-15)31(29,30)23-21(9-3-2-4-10-21)19(27)24-11-8-16(14-24)25-18(26)13-22-20(25)28/h5-7,12,16,23H,2-4,8-11,13-14H2,1H3,(H,22,28). The predicted octanol–water partition coefficient (Wildman–Crippen LogP) is 1.13. The summed E-state index contributed by atoms with van der Waals surface area (Å²) in [6.07, 6.45) is 3.82. The fourth-order valence-electron chi connectivity index (χ4n) is 4.86. The number of likely N-dealkylation sites (tertiary alicyclic amines) is 1. The number of amides is 4. The van der Waals surface area contributed by atoms with E-state index in [4.69, 9.17) is 0 Å². The Labute approximate surface area is 182 Å². The zero-order valence-corrected chi connectivity index (χ0v) is 18.4. The van der Waals surface area contributed by atoms with E-state index >= 15 is 0 Å². The van der Waals surface area contributed by atoms with E-state index in [1.54, 1.807) is 17.0 Å². The molecule has 10 heteroatoms. The van der Waals surface area contributed by atoms with Gasteiger partial charge in [-0.3, -0.25) is 14.5 Å². The van der Waals surface area contributed by atoms with Crippen LogP contribution in [0.15, 0.2) is 29.2 Å². The highest BCUT2D eigenvalue weighted by Crippen LogP contribution is 2.33. The highest BCUT2D eigenvalue weighted by molar-refractivity contribution is 7.89. The molecule has 1 aliphatic carbocycles. The summed E-state index contributed by atoms with van der Waals surface area (Å²) in [7, 11) is -3.89. The van der Waals surface area contributed by atoms with Crippen LogP contribution in [0.5, 0.6) is 0 Å². The van der Waals surface area contributed by atoms with Crippen LogP contribution in [0.4, 0.5) is 4.79 Å². The van der Waals surface area contributed by atoms with Crippen LogP contribution in [0.2, 0.25) is 0 Å². The number of nitrogens with zero attached hydrogens (tertiary/aromatic N) is 2. The first-order valence-electron chi connectivity index (χ1n) is 10.7. The van der Waals surface area contributed by atoms with Crippen molar-refractivity contribution < 1.29 is 22.8 Å². The van der Waals surface area contributed by atoms with E-state index < -0.39 is 21.6 Å². The van der Waals surface area contributed by atoms with Gasteiger partial charge in [-0.2, -0.15) is 4.72 Å². The second kappa shape index (κ2) is 8.23. The Morgan fingerprint density at radius 1 is 1.19 bits per heavy atom. The molecule has 1 saturated carbocycles. The van der Waals surface area contributed by atoms with Crippen molar-refractivity contribution in [2.24, 2.45) is 0 Å². The van der Waals surface area contributed by atoms with Gasteiger partial charge in [0, 0.05) is 13.1 Å². The highest BCUT2D eigenvalue weighted by atomic mass is 32.2. The van der Waals surface area contributed by atoms with E-state index in [1.165, 1.54) is 11.0 Å². The lowest BCUT2D eigenvalue weighted by Crippen LogP contribution is -2.60. The maximum atomic E-state index is 13.6. The molecule has 0 bridgehead atoms. The Hall–Kier alpha value is -2.46. The van der Waals surface area contributed by atoms with E-state index in [2.05, 4.69) is 10.0 Å². The maximum Gasteiger partial charge on any atom is 0.324 e. The summed E-state index contributed by atoms with van der Waals surface area (Å²) < 4.78 is 29.0. The molecule has 168 valence electrons. The third-order valence-corrected chi connectivity index (χ3v) is 7.97. The van der Waals surface area contributed by atoms with Crippen molar-refractivity contribution in [3.8, 4) is 0 Å². The van der Waals surface area contributed by atoms with Gasteiger partial charge in [0.05, 0.1) is 17.5 Å². The molecule has 2 heterocycles. The van der Waals surface area contributed by atoms with Crippen LogP contribution < -0.4 is 10.0 Å². The minimum Gasteiger partial charge on any atom is -0.339 e. The second-order valence-corrected chi connectivity index (χ2v) is 10.4. The number of benzene rings is 1. The molecule has 2 saturated heterocycles. The summed E-state index contributed by atoms with van der Waals surface area (Å²) in [5.74, 6) is -0.560. The molecule has 1 unspecified atom stereocenters.